The Hall–Kier alpha value is -1.33. The number of ether oxygens (including phenoxy) is 1. The first-order valence-electron chi connectivity index (χ1n) is 9.30. The molecule has 134 valence electrons. The first-order chi connectivity index (χ1) is 12.3. The maximum absolute atomic E-state index is 5.83. The molecule has 2 N–H and O–H groups in total. The van der Waals surface area contributed by atoms with Gasteiger partial charge in [0.25, 0.3) is 0 Å². The Morgan fingerprint density at radius 2 is 1.36 bits per heavy atom. The van der Waals surface area contributed by atoms with Crippen molar-refractivity contribution >= 4 is 12.6 Å². The molecule has 3 rings (SSSR count). The lowest BCUT2D eigenvalue weighted by Gasteiger charge is -2.31. The summed E-state index contributed by atoms with van der Waals surface area (Å²) in [5, 5.41) is 0.314. The minimum Gasteiger partial charge on any atom is -0.375 e. The predicted octanol–water partition coefficient (Wildman–Crippen LogP) is 0.485. The third-order valence-electron chi connectivity index (χ3n) is 4.91. The molecule has 0 amide bonds. The summed E-state index contributed by atoms with van der Waals surface area (Å²) >= 11 is 4.74. The Bertz CT molecular complexity index is 600. The average Bonchev–Trinajstić information content (AvgIpc) is 2.65. The molecule has 4 heteroatoms. The number of quaternary nitrogens is 2. The van der Waals surface area contributed by atoms with Gasteiger partial charge in [-0.25, -0.2) is 0 Å². The summed E-state index contributed by atoms with van der Waals surface area (Å²) in [5.41, 5.74) is 2.68. The van der Waals surface area contributed by atoms with Crippen LogP contribution in [-0.4, -0.2) is 44.6 Å². The van der Waals surface area contributed by atoms with Crippen molar-refractivity contribution in [2.45, 2.75) is 18.4 Å². The van der Waals surface area contributed by atoms with Crippen LogP contribution in [0.25, 0.3) is 0 Å². The van der Waals surface area contributed by atoms with E-state index in [1.807, 2.05) is 6.07 Å². The Morgan fingerprint density at radius 1 is 0.800 bits per heavy atom. The van der Waals surface area contributed by atoms with E-state index in [9.17, 15) is 0 Å². The third kappa shape index (κ3) is 6.48. The third-order valence-corrected chi connectivity index (χ3v) is 5.24. The lowest BCUT2D eigenvalue weighted by atomic mass is 10.2. The van der Waals surface area contributed by atoms with Crippen molar-refractivity contribution in [3.63, 3.8) is 0 Å². The second-order valence-corrected chi connectivity index (χ2v) is 7.75. The van der Waals surface area contributed by atoms with Gasteiger partial charge in [0.1, 0.15) is 32.7 Å². The summed E-state index contributed by atoms with van der Waals surface area (Å²) in [5.74, 6) is 0. The molecule has 0 aromatic heterocycles. The van der Waals surface area contributed by atoms with Crippen LogP contribution >= 0.6 is 12.6 Å². The van der Waals surface area contributed by atoms with Crippen molar-refractivity contribution in [1.82, 2.24) is 0 Å². The van der Waals surface area contributed by atoms with Gasteiger partial charge < -0.3 is 14.5 Å². The summed E-state index contributed by atoms with van der Waals surface area (Å²) in [4.78, 5) is 3.37. The van der Waals surface area contributed by atoms with Gasteiger partial charge >= 0.3 is 0 Å². The van der Waals surface area contributed by atoms with E-state index in [2.05, 4.69) is 54.6 Å². The monoisotopic (exact) mass is 358 g/mol. The summed E-state index contributed by atoms with van der Waals surface area (Å²) in [6, 6.07) is 21.2. The maximum atomic E-state index is 5.83. The average molecular weight is 359 g/mol. The molecular formula is C21H30N2OS+2. The molecule has 2 aromatic carbocycles. The van der Waals surface area contributed by atoms with Gasteiger partial charge in [-0.15, -0.1) is 0 Å². The molecule has 1 saturated heterocycles. The number of thiol groups is 1. The van der Waals surface area contributed by atoms with E-state index < -0.39 is 0 Å². The van der Waals surface area contributed by atoms with E-state index in [0.717, 1.165) is 19.7 Å². The molecule has 1 fully saturated rings. The van der Waals surface area contributed by atoms with Crippen molar-refractivity contribution in [2.75, 3.05) is 39.3 Å². The molecule has 0 saturated carbocycles. The molecule has 0 spiro atoms. The molecule has 0 radical (unpaired) electrons. The van der Waals surface area contributed by atoms with Crippen LogP contribution in [-0.2, 0) is 17.9 Å². The number of benzene rings is 2. The van der Waals surface area contributed by atoms with Crippen molar-refractivity contribution in [2.24, 2.45) is 0 Å². The fraction of sp³-hybridized carbons (Fsp3) is 0.429. The number of nitrogens with one attached hydrogen (secondary N) is 2. The standard InChI is InChI=1S/C21H28N2OS/c25-21(18-24-17-20-9-5-2-6-10-20)16-23-13-11-22(12-14-23)15-19-7-3-1-4-8-19/h1-10,21,25H,11-18H2/p+2/t21-/m0/s1. The van der Waals surface area contributed by atoms with E-state index in [1.165, 1.54) is 37.3 Å². The van der Waals surface area contributed by atoms with Crippen molar-refractivity contribution in [3.8, 4) is 0 Å². The van der Waals surface area contributed by atoms with Crippen LogP contribution in [0.3, 0.4) is 0 Å². The van der Waals surface area contributed by atoms with Crippen LogP contribution in [0, 0.1) is 0 Å². The number of hydrogen-bond acceptors (Lipinski definition) is 2. The highest BCUT2D eigenvalue weighted by atomic mass is 32.1. The minimum atomic E-state index is 0.314. The van der Waals surface area contributed by atoms with Crippen molar-refractivity contribution < 1.29 is 14.5 Å². The normalized spacial score (nSPS) is 21.8. The van der Waals surface area contributed by atoms with Gasteiger partial charge in [0.15, 0.2) is 0 Å². The Labute approximate surface area is 157 Å². The molecule has 3 nitrogen and oxygen atoms in total. The Morgan fingerprint density at radius 3 is 2.00 bits per heavy atom. The van der Waals surface area contributed by atoms with Gasteiger partial charge in [-0.1, -0.05) is 60.7 Å². The molecular weight excluding hydrogens is 328 g/mol. The highest BCUT2D eigenvalue weighted by molar-refractivity contribution is 7.81. The van der Waals surface area contributed by atoms with Gasteiger partial charge in [-0.05, 0) is 5.56 Å². The Kier molecular flexibility index (Phi) is 7.37. The van der Waals surface area contributed by atoms with E-state index in [0.29, 0.717) is 11.9 Å². The molecule has 1 heterocycles. The zero-order chi connectivity index (χ0) is 17.3. The number of piperazine rings is 1. The zero-order valence-corrected chi connectivity index (χ0v) is 15.8. The first kappa shape index (κ1) is 18.5. The molecule has 0 bridgehead atoms. The Balaban J connectivity index is 1.31. The highest BCUT2D eigenvalue weighted by Gasteiger charge is 2.24. The lowest BCUT2D eigenvalue weighted by Crippen LogP contribution is -3.28. The van der Waals surface area contributed by atoms with Crippen LogP contribution in [0.4, 0.5) is 0 Å². The highest BCUT2D eigenvalue weighted by Crippen LogP contribution is 2.02. The molecule has 2 aromatic rings. The zero-order valence-electron chi connectivity index (χ0n) is 14.9. The second kappa shape index (κ2) is 9.97. The number of hydrogen-bond donors (Lipinski definition) is 3. The van der Waals surface area contributed by atoms with Gasteiger partial charge in [-0.3, -0.25) is 0 Å². The van der Waals surface area contributed by atoms with Crippen LogP contribution in [0.5, 0.6) is 0 Å². The van der Waals surface area contributed by atoms with Crippen LogP contribution < -0.4 is 9.80 Å². The smallest absolute Gasteiger partial charge is 0.127 e. The fourth-order valence-electron chi connectivity index (χ4n) is 3.50. The topological polar surface area (TPSA) is 18.1 Å². The molecule has 0 aliphatic carbocycles. The maximum Gasteiger partial charge on any atom is 0.127 e. The minimum absolute atomic E-state index is 0.314. The van der Waals surface area contributed by atoms with E-state index in [1.54, 1.807) is 9.80 Å². The molecule has 1 aliphatic rings. The van der Waals surface area contributed by atoms with Gasteiger partial charge in [0.05, 0.1) is 25.0 Å². The van der Waals surface area contributed by atoms with Crippen LogP contribution in [0.15, 0.2) is 60.7 Å². The van der Waals surface area contributed by atoms with Crippen molar-refractivity contribution in [3.05, 3.63) is 71.8 Å². The quantitative estimate of drug-likeness (QED) is 0.586. The molecule has 1 aliphatic heterocycles. The van der Waals surface area contributed by atoms with E-state index >= 15 is 0 Å². The van der Waals surface area contributed by atoms with Crippen molar-refractivity contribution in [1.29, 1.82) is 0 Å². The van der Waals surface area contributed by atoms with Crippen LogP contribution in [0.2, 0.25) is 0 Å². The predicted molar refractivity (Wildman–Crippen MR) is 105 cm³/mol. The first-order valence-corrected chi connectivity index (χ1v) is 9.82. The van der Waals surface area contributed by atoms with Gasteiger partial charge in [-0.2, -0.15) is 12.6 Å². The summed E-state index contributed by atoms with van der Waals surface area (Å²) < 4.78 is 5.83. The SMILES string of the molecule is S[C@H](COCc1ccccc1)C[NH+]1CC[NH+](Cc2ccccc2)CC1. The largest absolute Gasteiger partial charge is 0.375 e. The van der Waals surface area contributed by atoms with Gasteiger partial charge in [0.2, 0.25) is 0 Å². The molecule has 0 unspecified atom stereocenters. The summed E-state index contributed by atoms with van der Waals surface area (Å²) in [6.45, 7) is 8.61. The van der Waals surface area contributed by atoms with E-state index in [4.69, 9.17) is 17.4 Å². The number of rotatable bonds is 8. The molecule has 25 heavy (non-hydrogen) atoms. The van der Waals surface area contributed by atoms with Gasteiger partial charge in [0, 0.05) is 5.56 Å². The second-order valence-electron chi connectivity index (χ2n) is 7.02. The van der Waals surface area contributed by atoms with Crippen LogP contribution in [0.1, 0.15) is 11.1 Å². The summed E-state index contributed by atoms with van der Waals surface area (Å²) in [7, 11) is 0. The van der Waals surface area contributed by atoms with E-state index in [-0.39, 0.29) is 0 Å². The fourth-order valence-corrected chi connectivity index (χ4v) is 3.87. The molecule has 1 atom stereocenters. The summed E-state index contributed by atoms with van der Waals surface area (Å²) in [6.07, 6.45) is 0. The lowest BCUT2D eigenvalue weighted by molar-refractivity contribution is -1.02.